The molecule has 0 aliphatic rings. The van der Waals surface area contributed by atoms with Gasteiger partial charge in [-0.3, -0.25) is 14.2 Å². The van der Waals surface area contributed by atoms with Crippen molar-refractivity contribution in [3.05, 3.63) is 75.1 Å². The van der Waals surface area contributed by atoms with Gasteiger partial charge in [-0.1, -0.05) is 29.4 Å². The highest BCUT2D eigenvalue weighted by molar-refractivity contribution is 7.99. The van der Waals surface area contributed by atoms with Crippen molar-refractivity contribution in [3.63, 3.8) is 0 Å². The van der Waals surface area contributed by atoms with E-state index in [0.29, 0.717) is 32.7 Å². The summed E-state index contributed by atoms with van der Waals surface area (Å²) in [6.45, 7) is 3.94. The fourth-order valence-electron chi connectivity index (χ4n) is 3.08. The zero-order chi connectivity index (χ0) is 21.3. The fraction of sp³-hybridized carbons (Fsp3) is 0.190. The summed E-state index contributed by atoms with van der Waals surface area (Å²) >= 11 is 7.31. The number of aryl methyl sites for hydroxylation is 1. The highest BCUT2D eigenvalue weighted by Gasteiger charge is 2.16. The van der Waals surface area contributed by atoms with E-state index in [9.17, 15) is 9.59 Å². The van der Waals surface area contributed by atoms with E-state index >= 15 is 0 Å². The topological polar surface area (TPSA) is 92.9 Å². The Kier molecular flexibility index (Phi) is 5.69. The molecule has 4 rings (SSSR count). The third-order valence-corrected chi connectivity index (χ3v) is 5.99. The van der Waals surface area contributed by atoms with E-state index in [-0.39, 0.29) is 23.8 Å². The maximum absolute atomic E-state index is 13.0. The molecule has 0 saturated carbocycles. The van der Waals surface area contributed by atoms with E-state index in [4.69, 9.17) is 16.0 Å². The van der Waals surface area contributed by atoms with Crippen LogP contribution in [0.4, 0.5) is 5.69 Å². The van der Waals surface area contributed by atoms with Crippen molar-refractivity contribution in [3.8, 4) is 0 Å². The van der Waals surface area contributed by atoms with Crippen molar-refractivity contribution in [2.45, 2.75) is 25.5 Å². The van der Waals surface area contributed by atoms with Crippen molar-refractivity contribution in [2.24, 2.45) is 0 Å². The average Bonchev–Trinajstić information content (AvgIpc) is 3.35. The molecule has 0 radical (unpaired) electrons. The molecule has 9 heteroatoms. The predicted molar refractivity (Wildman–Crippen MR) is 118 cm³/mol. The smallest absolute Gasteiger partial charge is 0.278 e. The Bertz CT molecular complexity index is 1280. The number of nitrogens with zero attached hydrogens (tertiary/aromatic N) is 2. The molecule has 0 spiro atoms. The number of halogens is 1. The van der Waals surface area contributed by atoms with E-state index in [1.807, 2.05) is 19.9 Å². The average molecular weight is 443 g/mol. The molecule has 2 N–H and O–H groups in total. The maximum atomic E-state index is 13.0. The van der Waals surface area contributed by atoms with Crippen LogP contribution in [0.15, 0.2) is 57.0 Å². The lowest BCUT2D eigenvalue weighted by Gasteiger charge is -2.12. The van der Waals surface area contributed by atoms with E-state index in [1.54, 1.807) is 36.6 Å². The first-order valence-electron chi connectivity index (χ1n) is 9.22. The third-order valence-electron chi connectivity index (χ3n) is 4.61. The minimum atomic E-state index is -0.213. The molecule has 154 valence electrons. The summed E-state index contributed by atoms with van der Waals surface area (Å²) in [6, 6.07) is 10.7. The van der Waals surface area contributed by atoms with Gasteiger partial charge in [-0.25, -0.2) is 4.98 Å². The molecule has 4 aromatic rings. The number of fused-ring (bicyclic) bond motifs is 1. The lowest BCUT2D eigenvalue weighted by Crippen LogP contribution is -2.24. The number of aromatic amines is 1. The maximum Gasteiger partial charge on any atom is 0.278 e. The zero-order valence-electron chi connectivity index (χ0n) is 16.4. The Balaban J connectivity index is 1.60. The first-order valence-corrected chi connectivity index (χ1v) is 10.6. The quantitative estimate of drug-likeness (QED) is 0.341. The minimum Gasteiger partial charge on any atom is -0.467 e. The van der Waals surface area contributed by atoms with E-state index < -0.39 is 0 Å². The Morgan fingerprint density at radius 3 is 2.90 bits per heavy atom. The van der Waals surface area contributed by atoms with Gasteiger partial charge in [0.05, 0.1) is 24.1 Å². The molecule has 1 aromatic carbocycles. The molecule has 0 bridgehead atoms. The number of rotatable bonds is 6. The fourth-order valence-corrected chi connectivity index (χ4v) is 4.05. The van der Waals surface area contributed by atoms with Crippen LogP contribution in [0.1, 0.15) is 17.0 Å². The minimum absolute atomic E-state index is 0.0887. The van der Waals surface area contributed by atoms with E-state index in [0.717, 1.165) is 11.3 Å². The molecule has 0 aliphatic carbocycles. The summed E-state index contributed by atoms with van der Waals surface area (Å²) in [7, 11) is 0. The molecular weight excluding hydrogens is 424 g/mol. The molecule has 3 heterocycles. The second kappa shape index (κ2) is 8.41. The molecule has 0 unspecified atom stereocenters. The molecule has 1 amide bonds. The molecule has 30 heavy (non-hydrogen) atoms. The second-order valence-electron chi connectivity index (χ2n) is 6.83. The van der Waals surface area contributed by atoms with Crippen LogP contribution in [0, 0.1) is 13.8 Å². The number of H-pyrrole nitrogens is 1. The van der Waals surface area contributed by atoms with Crippen LogP contribution in [0.2, 0.25) is 5.02 Å². The third kappa shape index (κ3) is 4.15. The van der Waals surface area contributed by atoms with Gasteiger partial charge in [0.1, 0.15) is 11.3 Å². The normalized spacial score (nSPS) is 11.2. The van der Waals surface area contributed by atoms with E-state index in [1.165, 1.54) is 16.3 Å². The van der Waals surface area contributed by atoms with Crippen LogP contribution in [0.5, 0.6) is 0 Å². The summed E-state index contributed by atoms with van der Waals surface area (Å²) in [5, 5.41) is 3.89. The number of hydrogen-bond acceptors (Lipinski definition) is 5. The Morgan fingerprint density at radius 2 is 2.13 bits per heavy atom. The molecule has 3 aromatic heterocycles. The van der Waals surface area contributed by atoms with Crippen LogP contribution >= 0.6 is 23.4 Å². The number of carbonyl (C=O) groups excluding carboxylic acids is 1. The SMILES string of the molecule is Cc1cc2nc(SCC(=O)Nc3cccc(Cl)c3C)n(Cc3ccco3)c(=O)c2[nH]1. The van der Waals surface area contributed by atoms with Gasteiger partial charge in [-0.05, 0) is 49.7 Å². The number of furan rings is 1. The predicted octanol–water partition coefficient (Wildman–Crippen LogP) is 4.37. The van der Waals surface area contributed by atoms with Crippen LogP contribution < -0.4 is 10.9 Å². The summed E-state index contributed by atoms with van der Waals surface area (Å²) in [4.78, 5) is 33.2. The number of amides is 1. The number of carbonyl (C=O) groups is 1. The summed E-state index contributed by atoms with van der Waals surface area (Å²) in [5.41, 5.74) is 3.10. The Morgan fingerprint density at radius 1 is 1.30 bits per heavy atom. The van der Waals surface area contributed by atoms with Crippen molar-refractivity contribution in [2.75, 3.05) is 11.1 Å². The molecule has 0 aliphatic heterocycles. The number of anilines is 1. The highest BCUT2D eigenvalue weighted by Crippen LogP contribution is 2.24. The molecule has 7 nitrogen and oxygen atoms in total. The van der Waals surface area contributed by atoms with Crippen LogP contribution in [0.3, 0.4) is 0 Å². The van der Waals surface area contributed by atoms with Gasteiger partial charge in [0.25, 0.3) is 5.56 Å². The monoisotopic (exact) mass is 442 g/mol. The Hall–Kier alpha value is -2.97. The van der Waals surface area contributed by atoms with Gasteiger partial charge in [0.2, 0.25) is 5.91 Å². The van der Waals surface area contributed by atoms with E-state index in [2.05, 4.69) is 15.3 Å². The number of aromatic nitrogens is 3. The van der Waals surface area contributed by atoms with Gasteiger partial charge < -0.3 is 14.7 Å². The molecule has 0 fully saturated rings. The van der Waals surface area contributed by atoms with Gasteiger partial charge in [-0.15, -0.1) is 0 Å². The van der Waals surface area contributed by atoms with Crippen molar-refractivity contribution < 1.29 is 9.21 Å². The van der Waals surface area contributed by atoms with Gasteiger partial charge >= 0.3 is 0 Å². The largest absolute Gasteiger partial charge is 0.467 e. The van der Waals surface area contributed by atoms with Crippen LogP contribution in [0.25, 0.3) is 11.0 Å². The van der Waals surface area contributed by atoms with Crippen molar-refractivity contribution in [1.29, 1.82) is 0 Å². The highest BCUT2D eigenvalue weighted by atomic mass is 35.5. The number of benzene rings is 1. The van der Waals surface area contributed by atoms with Gasteiger partial charge in [0, 0.05) is 16.4 Å². The second-order valence-corrected chi connectivity index (χ2v) is 8.18. The van der Waals surface area contributed by atoms with Gasteiger partial charge in [0.15, 0.2) is 5.16 Å². The number of nitrogens with one attached hydrogen (secondary N) is 2. The van der Waals surface area contributed by atoms with Crippen LogP contribution in [-0.4, -0.2) is 26.2 Å². The lowest BCUT2D eigenvalue weighted by molar-refractivity contribution is -0.113. The first-order chi connectivity index (χ1) is 14.4. The number of thioether (sulfide) groups is 1. The van der Waals surface area contributed by atoms with Crippen molar-refractivity contribution >= 4 is 46.0 Å². The molecule has 0 saturated heterocycles. The lowest BCUT2D eigenvalue weighted by atomic mass is 10.2. The molecule has 0 atom stereocenters. The zero-order valence-corrected chi connectivity index (χ0v) is 17.9. The standard InChI is InChI=1S/C21H19ClN4O3S/c1-12-9-17-19(23-12)20(28)26(10-14-5-4-8-29-14)21(25-17)30-11-18(27)24-16-7-3-6-15(22)13(16)2/h3-9,23H,10-11H2,1-2H3,(H,24,27). The number of hydrogen-bond donors (Lipinski definition) is 2. The molecular formula is C21H19ClN4O3S. The first kappa shape index (κ1) is 20.3. The van der Waals surface area contributed by atoms with Crippen molar-refractivity contribution in [1.82, 2.24) is 14.5 Å². The summed E-state index contributed by atoms with van der Waals surface area (Å²) in [5.74, 6) is 0.503. The van der Waals surface area contributed by atoms with Crippen LogP contribution in [-0.2, 0) is 11.3 Å². The summed E-state index contributed by atoms with van der Waals surface area (Å²) in [6.07, 6.45) is 1.55. The summed E-state index contributed by atoms with van der Waals surface area (Å²) < 4.78 is 6.91. The van der Waals surface area contributed by atoms with Gasteiger partial charge in [-0.2, -0.15) is 0 Å². The Labute approximate surface area is 181 Å².